The van der Waals surface area contributed by atoms with E-state index in [0.29, 0.717) is 11.3 Å². The Kier molecular flexibility index (Phi) is 5.40. The Morgan fingerprint density at radius 2 is 2.12 bits per heavy atom. The summed E-state index contributed by atoms with van der Waals surface area (Å²) in [6.45, 7) is 1.99. The predicted octanol–water partition coefficient (Wildman–Crippen LogP) is 2.91. The van der Waals surface area contributed by atoms with Crippen molar-refractivity contribution >= 4 is 17.8 Å². The van der Waals surface area contributed by atoms with Crippen molar-refractivity contribution in [1.29, 1.82) is 0 Å². The van der Waals surface area contributed by atoms with Crippen LogP contribution >= 0.6 is 11.8 Å². The van der Waals surface area contributed by atoms with Gasteiger partial charge >= 0.3 is 6.03 Å². The molecule has 0 unspecified atom stereocenters. The maximum atomic E-state index is 12.2. The molecule has 1 saturated carbocycles. The monoisotopic (exact) mass is 345 g/mol. The highest BCUT2D eigenvalue weighted by Crippen LogP contribution is 2.28. The van der Waals surface area contributed by atoms with Crippen molar-refractivity contribution in [3.05, 3.63) is 42.2 Å². The molecule has 1 aromatic carbocycles. The first-order valence-corrected chi connectivity index (χ1v) is 9.51. The molecular formula is C17H23N5OS. The van der Waals surface area contributed by atoms with Crippen LogP contribution in [0.4, 0.5) is 4.79 Å². The van der Waals surface area contributed by atoms with E-state index in [0.717, 1.165) is 24.1 Å². The molecule has 1 aliphatic carbocycles. The van der Waals surface area contributed by atoms with Crippen LogP contribution in [0.5, 0.6) is 0 Å². The number of carbonyl (C=O) groups excluding carboxylic acids is 1. The van der Waals surface area contributed by atoms with Crippen molar-refractivity contribution in [3.8, 4) is 5.69 Å². The average Bonchev–Trinajstić information content (AvgIpc) is 3.26. The smallest absolute Gasteiger partial charge is 0.315 e. The number of amides is 2. The van der Waals surface area contributed by atoms with E-state index in [1.54, 1.807) is 17.1 Å². The van der Waals surface area contributed by atoms with Gasteiger partial charge < -0.3 is 10.6 Å². The van der Waals surface area contributed by atoms with Crippen LogP contribution in [0.1, 0.15) is 37.8 Å². The van der Waals surface area contributed by atoms with Gasteiger partial charge in [0.2, 0.25) is 0 Å². The van der Waals surface area contributed by atoms with Crippen molar-refractivity contribution in [1.82, 2.24) is 25.6 Å². The van der Waals surface area contributed by atoms with E-state index in [-0.39, 0.29) is 12.1 Å². The Morgan fingerprint density at radius 1 is 1.33 bits per heavy atom. The van der Waals surface area contributed by atoms with E-state index >= 15 is 0 Å². The maximum Gasteiger partial charge on any atom is 0.315 e. The molecule has 2 amide bonds. The van der Waals surface area contributed by atoms with Gasteiger partial charge in [0.25, 0.3) is 0 Å². The van der Waals surface area contributed by atoms with Crippen LogP contribution in [0.2, 0.25) is 0 Å². The van der Waals surface area contributed by atoms with Crippen LogP contribution in [-0.4, -0.2) is 38.6 Å². The summed E-state index contributed by atoms with van der Waals surface area (Å²) in [4.78, 5) is 12.2. The van der Waals surface area contributed by atoms with Crippen LogP contribution in [0.15, 0.2) is 36.7 Å². The topological polar surface area (TPSA) is 71.8 Å². The van der Waals surface area contributed by atoms with Gasteiger partial charge in [-0.25, -0.2) is 9.48 Å². The summed E-state index contributed by atoms with van der Waals surface area (Å²) in [5, 5.41) is 14.6. The lowest BCUT2D eigenvalue weighted by Gasteiger charge is -2.18. The highest BCUT2D eigenvalue weighted by molar-refractivity contribution is 7.99. The average molecular weight is 345 g/mol. The number of benzene rings is 1. The van der Waals surface area contributed by atoms with Gasteiger partial charge in [0.1, 0.15) is 0 Å². The van der Waals surface area contributed by atoms with Crippen LogP contribution < -0.4 is 10.6 Å². The molecule has 3 rings (SSSR count). The summed E-state index contributed by atoms with van der Waals surface area (Å²) >= 11 is 1.89. The molecule has 2 N–H and O–H groups in total. The van der Waals surface area contributed by atoms with E-state index in [1.807, 2.05) is 43.0 Å². The zero-order chi connectivity index (χ0) is 16.9. The van der Waals surface area contributed by atoms with Gasteiger partial charge in [-0.2, -0.15) is 11.8 Å². The molecule has 2 aromatic rings. The highest BCUT2D eigenvalue weighted by Gasteiger charge is 2.25. The molecule has 0 saturated heterocycles. The van der Waals surface area contributed by atoms with E-state index in [1.165, 1.54) is 6.42 Å². The molecule has 3 atom stereocenters. The van der Waals surface area contributed by atoms with Gasteiger partial charge in [0.15, 0.2) is 0 Å². The van der Waals surface area contributed by atoms with Crippen LogP contribution in [-0.2, 0) is 0 Å². The Hall–Kier alpha value is -2.02. The van der Waals surface area contributed by atoms with Crippen molar-refractivity contribution in [2.24, 2.45) is 0 Å². The summed E-state index contributed by atoms with van der Waals surface area (Å²) in [6.07, 6.45) is 8.90. The van der Waals surface area contributed by atoms with E-state index in [4.69, 9.17) is 0 Å². The standard InChI is InChI=1S/C17H23N5OS/c1-12(19-17(23)20-14-5-8-16(11-14)24-2)13-3-6-15(7-4-13)22-10-9-18-21-22/h3-4,6-7,9-10,12,14,16H,5,8,11H2,1-2H3,(H2,19,20,23)/t12-,14+,16-/m1/s1. The third-order valence-corrected chi connectivity index (χ3v) is 5.58. The quantitative estimate of drug-likeness (QED) is 0.874. The molecule has 128 valence electrons. The third-order valence-electron chi connectivity index (χ3n) is 4.48. The number of thioether (sulfide) groups is 1. The second kappa shape index (κ2) is 7.70. The molecule has 1 aliphatic rings. The first kappa shape index (κ1) is 16.8. The normalized spacial score (nSPS) is 21.4. The lowest BCUT2D eigenvalue weighted by Crippen LogP contribution is -2.42. The Balaban J connectivity index is 1.53. The fourth-order valence-electron chi connectivity index (χ4n) is 3.05. The Bertz CT molecular complexity index is 658. The van der Waals surface area contributed by atoms with E-state index in [9.17, 15) is 4.79 Å². The second-order valence-electron chi connectivity index (χ2n) is 6.15. The summed E-state index contributed by atoms with van der Waals surface area (Å²) in [6, 6.07) is 8.11. The minimum Gasteiger partial charge on any atom is -0.335 e. The predicted molar refractivity (Wildman–Crippen MR) is 96.4 cm³/mol. The molecule has 0 aliphatic heterocycles. The van der Waals surface area contributed by atoms with Crippen LogP contribution in [0.3, 0.4) is 0 Å². The number of carbonyl (C=O) groups is 1. The van der Waals surface area contributed by atoms with Crippen LogP contribution in [0.25, 0.3) is 5.69 Å². The molecule has 7 heteroatoms. The van der Waals surface area contributed by atoms with Crippen molar-refractivity contribution in [3.63, 3.8) is 0 Å². The summed E-state index contributed by atoms with van der Waals surface area (Å²) in [5.41, 5.74) is 2.00. The van der Waals surface area contributed by atoms with Gasteiger partial charge in [-0.15, -0.1) is 5.10 Å². The number of nitrogens with one attached hydrogen (secondary N) is 2. The van der Waals surface area contributed by atoms with Crippen molar-refractivity contribution in [2.75, 3.05) is 6.26 Å². The van der Waals surface area contributed by atoms with Gasteiger partial charge in [0, 0.05) is 11.3 Å². The highest BCUT2D eigenvalue weighted by atomic mass is 32.2. The lowest BCUT2D eigenvalue weighted by molar-refractivity contribution is 0.234. The number of hydrogen-bond donors (Lipinski definition) is 2. The summed E-state index contributed by atoms with van der Waals surface area (Å²) < 4.78 is 1.71. The van der Waals surface area contributed by atoms with Gasteiger partial charge in [-0.1, -0.05) is 17.3 Å². The molecule has 6 nitrogen and oxygen atoms in total. The van der Waals surface area contributed by atoms with Crippen LogP contribution in [0, 0.1) is 0 Å². The minimum atomic E-state index is -0.0883. The number of urea groups is 1. The van der Waals surface area contributed by atoms with Gasteiger partial charge in [-0.05, 0) is 50.1 Å². The number of hydrogen-bond acceptors (Lipinski definition) is 4. The van der Waals surface area contributed by atoms with E-state index in [2.05, 4.69) is 27.2 Å². The molecule has 0 radical (unpaired) electrons. The number of aromatic nitrogens is 3. The lowest BCUT2D eigenvalue weighted by atomic mass is 10.1. The summed E-state index contributed by atoms with van der Waals surface area (Å²) in [5.74, 6) is 0. The fourth-order valence-corrected chi connectivity index (χ4v) is 3.85. The maximum absolute atomic E-state index is 12.2. The third kappa shape index (κ3) is 4.08. The summed E-state index contributed by atoms with van der Waals surface area (Å²) in [7, 11) is 0. The zero-order valence-corrected chi connectivity index (χ0v) is 14.8. The molecule has 1 aromatic heterocycles. The molecule has 1 fully saturated rings. The largest absolute Gasteiger partial charge is 0.335 e. The minimum absolute atomic E-state index is 0.0486. The SMILES string of the molecule is CS[C@@H]1CC[C@H](NC(=O)N[C@H](C)c2ccc(-n3ccnn3)cc2)C1. The van der Waals surface area contributed by atoms with Gasteiger partial charge in [-0.3, -0.25) is 0 Å². The molecule has 0 spiro atoms. The Labute approximate surface area is 146 Å². The van der Waals surface area contributed by atoms with Gasteiger partial charge in [0.05, 0.1) is 24.1 Å². The van der Waals surface area contributed by atoms with Crippen molar-refractivity contribution in [2.45, 2.75) is 43.5 Å². The fraction of sp³-hybridized carbons (Fsp3) is 0.471. The van der Waals surface area contributed by atoms with E-state index < -0.39 is 0 Å². The second-order valence-corrected chi connectivity index (χ2v) is 7.28. The first-order chi connectivity index (χ1) is 11.7. The van der Waals surface area contributed by atoms with Crippen molar-refractivity contribution < 1.29 is 4.79 Å². The molecular weight excluding hydrogens is 322 g/mol. The zero-order valence-electron chi connectivity index (χ0n) is 14.0. The molecule has 1 heterocycles. The molecule has 0 bridgehead atoms. The number of nitrogens with zero attached hydrogens (tertiary/aromatic N) is 3. The molecule has 24 heavy (non-hydrogen) atoms. The Morgan fingerprint density at radius 3 is 2.75 bits per heavy atom. The number of rotatable bonds is 5. The first-order valence-electron chi connectivity index (χ1n) is 8.22.